The topological polar surface area (TPSA) is 189 Å². The third-order valence-electron chi connectivity index (χ3n) is 3.83. The summed E-state index contributed by atoms with van der Waals surface area (Å²) in [6.45, 7) is 1.08. The largest absolute Gasteiger partial charge is 0.477 e. The lowest BCUT2D eigenvalue weighted by atomic mass is 10.0. The molecule has 2 atom stereocenters. The van der Waals surface area contributed by atoms with Crippen molar-refractivity contribution in [2.24, 2.45) is 10.9 Å². The Kier molecular flexibility index (Phi) is 6.05. The Morgan fingerprint density at radius 1 is 1.41 bits per heavy atom. The van der Waals surface area contributed by atoms with E-state index < -0.39 is 46.8 Å². The van der Waals surface area contributed by atoms with Gasteiger partial charge in [0.25, 0.3) is 11.8 Å². The second kappa shape index (κ2) is 8.07. The maximum atomic E-state index is 12.4. The van der Waals surface area contributed by atoms with Gasteiger partial charge in [0.15, 0.2) is 5.78 Å². The molecule has 0 saturated carbocycles. The highest BCUT2D eigenvalue weighted by molar-refractivity contribution is 8.00. The first-order chi connectivity index (χ1) is 12.7. The number of ketones is 1. The van der Waals surface area contributed by atoms with Crippen LogP contribution in [0.25, 0.3) is 0 Å². The number of β-lactam (4-membered cyclic amide) rings is 1. The molecule has 0 spiro atoms. The highest BCUT2D eigenvalue weighted by Crippen LogP contribution is 2.40. The summed E-state index contributed by atoms with van der Waals surface area (Å²) in [4.78, 5) is 59.2. The monoisotopic (exact) mass is 400 g/mol. The van der Waals surface area contributed by atoms with Crippen LogP contribution in [0.15, 0.2) is 16.4 Å². The van der Waals surface area contributed by atoms with Gasteiger partial charge in [0.05, 0.1) is 0 Å². The van der Waals surface area contributed by atoms with Crippen LogP contribution < -0.4 is 11.1 Å². The number of rotatable bonds is 7. The summed E-state index contributed by atoms with van der Waals surface area (Å²) in [5.41, 5.74) is 3.95. The molecule has 0 aromatic heterocycles. The van der Waals surface area contributed by atoms with E-state index in [1.165, 1.54) is 6.92 Å². The Hall–Kier alpha value is -3.09. The third-order valence-corrected chi connectivity index (χ3v) is 5.17. The van der Waals surface area contributed by atoms with Crippen LogP contribution in [0.1, 0.15) is 13.3 Å². The molecule has 0 bridgehead atoms. The molecule has 5 N–H and O–H groups in total. The van der Waals surface area contributed by atoms with Gasteiger partial charge >= 0.3 is 12.1 Å². The van der Waals surface area contributed by atoms with Gasteiger partial charge in [-0.1, -0.05) is 12.1 Å². The molecule has 12 nitrogen and oxygen atoms in total. The molecule has 0 unspecified atom stereocenters. The van der Waals surface area contributed by atoms with E-state index in [2.05, 4.69) is 15.2 Å². The predicted molar refractivity (Wildman–Crippen MR) is 89.7 cm³/mol. The van der Waals surface area contributed by atoms with Crippen molar-refractivity contribution < 1.29 is 39.0 Å². The predicted octanol–water partition coefficient (Wildman–Crippen LogP) is -1.37. The van der Waals surface area contributed by atoms with Crippen molar-refractivity contribution in [3.8, 4) is 0 Å². The molecule has 1 fully saturated rings. The van der Waals surface area contributed by atoms with Gasteiger partial charge in [-0.2, -0.15) is 0 Å². The van der Waals surface area contributed by atoms with Crippen LogP contribution in [0.4, 0.5) is 4.79 Å². The number of fused-ring (bicyclic) bond motifs is 1. The van der Waals surface area contributed by atoms with Crippen molar-refractivity contribution in [2.75, 3.05) is 12.4 Å². The van der Waals surface area contributed by atoms with Crippen molar-refractivity contribution in [1.29, 1.82) is 0 Å². The van der Waals surface area contributed by atoms with E-state index in [1.54, 1.807) is 0 Å². The van der Waals surface area contributed by atoms with Crippen LogP contribution in [-0.2, 0) is 23.9 Å². The number of aliphatic carboxylic acids is 1. The number of carboxylic acids is 1. The summed E-state index contributed by atoms with van der Waals surface area (Å²) in [5, 5.41) is 22.4. The normalized spacial score (nSPS) is 21.9. The lowest BCUT2D eigenvalue weighted by molar-refractivity contribution is -0.150. The van der Waals surface area contributed by atoms with Gasteiger partial charge in [-0.15, -0.1) is 11.8 Å². The van der Waals surface area contributed by atoms with E-state index >= 15 is 0 Å². The second-order valence-corrected chi connectivity index (χ2v) is 6.56. The number of amides is 3. The maximum Gasteiger partial charge on any atom is 0.404 e. The van der Waals surface area contributed by atoms with E-state index in [9.17, 15) is 29.1 Å². The SMILES string of the molecule is CCC(=O)C(=NO)C(=O)N[C@@H]1C(=O)N2C(C(=O)O)=C(COC(N)=O)CS[C@@H]12. The first-order valence-electron chi connectivity index (χ1n) is 7.61. The first kappa shape index (κ1) is 20.2. The minimum absolute atomic E-state index is 0.0785. The quantitative estimate of drug-likeness (QED) is 0.131. The van der Waals surface area contributed by atoms with Crippen molar-refractivity contribution in [3.63, 3.8) is 0 Å². The zero-order valence-corrected chi connectivity index (χ0v) is 14.8. The number of oxime groups is 1. The molecule has 0 aliphatic carbocycles. The number of primary amides is 1. The zero-order chi connectivity index (χ0) is 20.3. The number of carbonyl (C=O) groups excluding carboxylic acids is 4. The van der Waals surface area contributed by atoms with Crippen LogP contribution in [-0.4, -0.2) is 74.4 Å². The van der Waals surface area contributed by atoms with Gasteiger partial charge in [0, 0.05) is 17.7 Å². The summed E-state index contributed by atoms with van der Waals surface area (Å²) in [6, 6.07) is -1.10. The Morgan fingerprint density at radius 3 is 2.59 bits per heavy atom. The molecular weight excluding hydrogens is 384 g/mol. The van der Waals surface area contributed by atoms with Crippen LogP contribution in [0.5, 0.6) is 0 Å². The molecule has 146 valence electrons. The minimum Gasteiger partial charge on any atom is -0.477 e. The summed E-state index contributed by atoms with van der Waals surface area (Å²) in [6.07, 6.45) is -1.17. The summed E-state index contributed by atoms with van der Waals surface area (Å²) >= 11 is 1.13. The molecule has 0 aromatic rings. The number of carboxylic acid groups (broad SMARTS) is 1. The summed E-state index contributed by atoms with van der Waals surface area (Å²) < 4.78 is 4.60. The Morgan fingerprint density at radius 2 is 2.07 bits per heavy atom. The second-order valence-electron chi connectivity index (χ2n) is 5.45. The molecule has 13 heteroatoms. The van der Waals surface area contributed by atoms with Crippen LogP contribution >= 0.6 is 11.8 Å². The number of carbonyl (C=O) groups is 5. The van der Waals surface area contributed by atoms with Gasteiger partial charge in [-0.05, 0) is 0 Å². The number of Topliss-reactive ketones (excluding diaryl/α,β-unsaturated/α-hetero) is 1. The van der Waals surface area contributed by atoms with E-state index in [-0.39, 0.29) is 30.1 Å². The fourth-order valence-corrected chi connectivity index (χ4v) is 3.88. The number of hydrogen-bond donors (Lipinski definition) is 4. The van der Waals surface area contributed by atoms with E-state index in [4.69, 9.17) is 10.9 Å². The Bertz CT molecular complexity index is 777. The number of nitrogens with one attached hydrogen (secondary N) is 1. The molecule has 1 saturated heterocycles. The fraction of sp³-hybridized carbons (Fsp3) is 0.429. The van der Waals surface area contributed by atoms with Gasteiger partial charge in [-0.25, -0.2) is 9.59 Å². The molecule has 0 aromatic carbocycles. The summed E-state index contributed by atoms with van der Waals surface area (Å²) in [5.74, 6) is -3.76. The highest BCUT2D eigenvalue weighted by atomic mass is 32.2. The number of nitrogens with two attached hydrogens (primary N) is 1. The molecule has 2 rings (SSSR count). The van der Waals surface area contributed by atoms with Gasteiger partial charge in [0.2, 0.25) is 5.71 Å². The Balaban J connectivity index is 2.17. The van der Waals surface area contributed by atoms with Crippen molar-refractivity contribution in [1.82, 2.24) is 10.2 Å². The third kappa shape index (κ3) is 3.86. The van der Waals surface area contributed by atoms with Gasteiger partial charge in [0.1, 0.15) is 23.7 Å². The van der Waals surface area contributed by atoms with E-state index in [1.807, 2.05) is 0 Å². The molecular formula is C14H16N4O8S. The van der Waals surface area contributed by atoms with Gasteiger partial charge in [-0.3, -0.25) is 19.3 Å². The zero-order valence-electron chi connectivity index (χ0n) is 14.0. The van der Waals surface area contributed by atoms with E-state index in [0.717, 1.165) is 16.7 Å². The number of ether oxygens (including phenoxy) is 1. The first-order valence-corrected chi connectivity index (χ1v) is 8.66. The fourth-order valence-electron chi connectivity index (χ4n) is 2.56. The average molecular weight is 400 g/mol. The molecule has 2 heterocycles. The Labute approximate surface area is 156 Å². The smallest absolute Gasteiger partial charge is 0.404 e. The lowest BCUT2D eigenvalue weighted by Crippen LogP contribution is -2.71. The minimum atomic E-state index is -1.40. The highest BCUT2D eigenvalue weighted by Gasteiger charge is 2.54. The standard InChI is InChI=1S/C14H16N4O8S/c1-2-6(19)7(17-25)10(20)16-8-11(21)18-9(13(22)23)5(3-26-14(15)24)4-27-12(8)18/h8,12,25H,2-4H2,1H3,(H2,15,24)(H,16,20)(H,22,23)/t8-,12+/m1/s1. The van der Waals surface area contributed by atoms with E-state index in [0.29, 0.717) is 0 Å². The van der Waals surface area contributed by atoms with Crippen molar-refractivity contribution in [3.05, 3.63) is 11.3 Å². The van der Waals surface area contributed by atoms with Crippen molar-refractivity contribution in [2.45, 2.75) is 24.8 Å². The maximum absolute atomic E-state index is 12.4. The van der Waals surface area contributed by atoms with Crippen LogP contribution in [0.3, 0.4) is 0 Å². The van der Waals surface area contributed by atoms with Crippen LogP contribution in [0, 0.1) is 0 Å². The number of nitrogens with zero attached hydrogens (tertiary/aromatic N) is 2. The van der Waals surface area contributed by atoms with Crippen molar-refractivity contribution >= 4 is 47.1 Å². The average Bonchev–Trinajstić information content (AvgIpc) is 2.63. The molecule has 27 heavy (non-hydrogen) atoms. The summed E-state index contributed by atoms with van der Waals surface area (Å²) in [7, 11) is 0. The molecule has 2 aliphatic rings. The lowest BCUT2D eigenvalue weighted by Gasteiger charge is -2.49. The molecule has 3 amide bonds. The number of hydrogen-bond acceptors (Lipinski definition) is 9. The van der Waals surface area contributed by atoms with Gasteiger partial charge < -0.3 is 26.1 Å². The molecule has 2 aliphatic heterocycles. The number of thioether (sulfide) groups is 1. The van der Waals surface area contributed by atoms with Crippen LogP contribution in [0.2, 0.25) is 0 Å². The molecule has 0 radical (unpaired) electrons.